The number of nitrogens with two attached hydrogens (primary N) is 1. The molecule has 2 aromatic rings. The van der Waals surface area contributed by atoms with Crippen LogP contribution in [0.25, 0.3) is 0 Å². The Morgan fingerprint density at radius 2 is 2.20 bits per heavy atom. The van der Waals surface area contributed by atoms with Gasteiger partial charge in [-0.05, 0) is 19.1 Å². The molecule has 0 bridgehead atoms. The molecule has 1 heterocycles. The van der Waals surface area contributed by atoms with Crippen molar-refractivity contribution in [3.8, 4) is 5.75 Å². The fraction of sp³-hybridized carbons (Fsp3) is 0.250. The number of ether oxygens (including phenoxy) is 1. The summed E-state index contributed by atoms with van der Waals surface area (Å²) < 4.78 is 32.1. The van der Waals surface area contributed by atoms with Crippen molar-refractivity contribution in [1.29, 1.82) is 0 Å². The van der Waals surface area contributed by atoms with Crippen molar-refractivity contribution in [2.45, 2.75) is 18.4 Å². The van der Waals surface area contributed by atoms with E-state index in [1.54, 1.807) is 6.20 Å². The highest BCUT2D eigenvalue weighted by molar-refractivity contribution is 7.89. The number of benzene rings is 1. The number of hydrogen-bond donors (Lipinski definition) is 2. The van der Waals surface area contributed by atoms with E-state index >= 15 is 0 Å². The molecular weight excluding hydrogens is 298 g/mol. The molecule has 1 aromatic heterocycles. The number of sulfonamides is 1. The smallest absolute Gasteiger partial charge is 0.244 e. The van der Waals surface area contributed by atoms with Gasteiger partial charge in [0.15, 0.2) is 0 Å². The molecule has 0 radical (unpaired) electrons. The Bertz CT molecular complexity index is 710. The van der Waals surface area contributed by atoms with Gasteiger partial charge in [-0.1, -0.05) is 0 Å². The van der Waals surface area contributed by atoms with Crippen molar-refractivity contribution in [2.75, 3.05) is 12.8 Å². The third-order valence-corrected chi connectivity index (χ3v) is 4.94. The van der Waals surface area contributed by atoms with Crippen LogP contribution in [-0.4, -0.2) is 20.5 Å². The van der Waals surface area contributed by atoms with E-state index in [4.69, 9.17) is 10.5 Å². The maximum absolute atomic E-state index is 12.3. The molecule has 0 unspecified atom stereocenters. The van der Waals surface area contributed by atoms with Crippen LogP contribution in [0.1, 0.15) is 9.88 Å². The van der Waals surface area contributed by atoms with E-state index in [0.717, 1.165) is 9.88 Å². The zero-order chi connectivity index (χ0) is 14.8. The number of nitrogens with one attached hydrogen (secondary N) is 1. The summed E-state index contributed by atoms with van der Waals surface area (Å²) in [6.07, 6.45) is 1.66. The van der Waals surface area contributed by atoms with Gasteiger partial charge in [0.2, 0.25) is 10.0 Å². The molecule has 108 valence electrons. The predicted octanol–water partition coefficient (Wildman–Crippen LogP) is 1.52. The van der Waals surface area contributed by atoms with Gasteiger partial charge >= 0.3 is 0 Å². The van der Waals surface area contributed by atoms with Crippen LogP contribution in [0, 0.1) is 6.92 Å². The molecule has 2 rings (SSSR count). The quantitative estimate of drug-likeness (QED) is 0.816. The Morgan fingerprint density at radius 3 is 2.80 bits per heavy atom. The fourth-order valence-electron chi connectivity index (χ4n) is 1.64. The van der Waals surface area contributed by atoms with Gasteiger partial charge in [0.25, 0.3) is 0 Å². The van der Waals surface area contributed by atoms with Gasteiger partial charge in [-0.15, -0.1) is 11.3 Å². The number of nitrogen functional groups attached to an aromatic ring is 1. The maximum Gasteiger partial charge on any atom is 0.244 e. The molecule has 0 aliphatic carbocycles. The number of nitrogens with zero attached hydrogens (tertiary/aromatic N) is 1. The minimum Gasteiger partial charge on any atom is -0.495 e. The normalized spacial score (nSPS) is 11.5. The standard InChI is InChI=1S/C12H15N3O3S2/c1-8-14-6-10(19-8)7-15-20(16,17)12-4-3-9(13)5-11(12)18-2/h3-6,15H,7,13H2,1-2H3. The van der Waals surface area contributed by atoms with Gasteiger partial charge in [-0.2, -0.15) is 0 Å². The first-order chi connectivity index (χ1) is 9.42. The Kier molecular flexibility index (Phi) is 4.26. The molecule has 8 heteroatoms. The number of methoxy groups -OCH3 is 1. The third kappa shape index (κ3) is 3.27. The average Bonchev–Trinajstić information content (AvgIpc) is 2.82. The second-order valence-electron chi connectivity index (χ2n) is 4.08. The van der Waals surface area contributed by atoms with Crippen LogP contribution >= 0.6 is 11.3 Å². The number of hydrogen-bond acceptors (Lipinski definition) is 6. The molecule has 0 amide bonds. The SMILES string of the molecule is COc1cc(N)ccc1S(=O)(=O)NCc1cnc(C)s1. The first kappa shape index (κ1) is 14.8. The van der Waals surface area contributed by atoms with E-state index in [1.807, 2.05) is 6.92 Å². The number of rotatable bonds is 5. The number of anilines is 1. The van der Waals surface area contributed by atoms with Crippen LogP contribution in [-0.2, 0) is 16.6 Å². The molecule has 0 spiro atoms. The minimum absolute atomic E-state index is 0.0652. The number of thiazole rings is 1. The molecular formula is C12H15N3O3S2. The van der Waals surface area contributed by atoms with Crippen molar-refractivity contribution in [1.82, 2.24) is 9.71 Å². The highest BCUT2D eigenvalue weighted by Crippen LogP contribution is 2.26. The molecule has 3 N–H and O–H groups in total. The van der Waals surface area contributed by atoms with Crippen LogP contribution in [0.2, 0.25) is 0 Å². The summed E-state index contributed by atoms with van der Waals surface area (Å²) in [4.78, 5) is 4.99. The second-order valence-corrected chi connectivity index (χ2v) is 7.14. The van der Waals surface area contributed by atoms with Crippen LogP contribution in [0.3, 0.4) is 0 Å². The second kappa shape index (κ2) is 5.78. The van der Waals surface area contributed by atoms with Gasteiger partial charge in [0.05, 0.1) is 12.1 Å². The van der Waals surface area contributed by atoms with Gasteiger partial charge in [0, 0.05) is 29.4 Å². The Hall–Kier alpha value is -1.64. The van der Waals surface area contributed by atoms with E-state index < -0.39 is 10.0 Å². The van der Waals surface area contributed by atoms with Crippen LogP contribution in [0.15, 0.2) is 29.3 Å². The van der Waals surface area contributed by atoms with Crippen molar-refractivity contribution in [3.05, 3.63) is 34.3 Å². The highest BCUT2D eigenvalue weighted by atomic mass is 32.2. The zero-order valence-electron chi connectivity index (χ0n) is 11.1. The van der Waals surface area contributed by atoms with E-state index in [1.165, 1.54) is 36.6 Å². The van der Waals surface area contributed by atoms with Gasteiger partial charge in [-0.3, -0.25) is 0 Å². The summed E-state index contributed by atoms with van der Waals surface area (Å²) in [5, 5.41) is 0.893. The maximum atomic E-state index is 12.3. The fourth-order valence-corrected chi connectivity index (χ4v) is 3.62. The van der Waals surface area contributed by atoms with Gasteiger partial charge < -0.3 is 10.5 Å². The molecule has 6 nitrogen and oxygen atoms in total. The summed E-state index contributed by atoms with van der Waals surface area (Å²) in [6, 6.07) is 4.42. The summed E-state index contributed by atoms with van der Waals surface area (Å²) in [5.41, 5.74) is 6.06. The number of aromatic nitrogens is 1. The summed E-state index contributed by atoms with van der Waals surface area (Å²) in [5.74, 6) is 0.220. The molecule has 0 aliphatic rings. The monoisotopic (exact) mass is 313 g/mol. The summed E-state index contributed by atoms with van der Waals surface area (Å²) in [7, 11) is -2.26. The van der Waals surface area contributed by atoms with E-state index in [0.29, 0.717) is 5.69 Å². The molecule has 0 aliphatic heterocycles. The largest absolute Gasteiger partial charge is 0.495 e. The van der Waals surface area contributed by atoms with E-state index in [-0.39, 0.29) is 17.2 Å². The van der Waals surface area contributed by atoms with E-state index in [9.17, 15) is 8.42 Å². The molecule has 1 aromatic carbocycles. The van der Waals surface area contributed by atoms with Crippen molar-refractivity contribution in [2.24, 2.45) is 0 Å². The van der Waals surface area contributed by atoms with Crippen LogP contribution in [0.4, 0.5) is 5.69 Å². The van der Waals surface area contributed by atoms with Crippen LogP contribution in [0.5, 0.6) is 5.75 Å². The highest BCUT2D eigenvalue weighted by Gasteiger charge is 2.19. The molecule has 0 fully saturated rings. The minimum atomic E-state index is -3.66. The van der Waals surface area contributed by atoms with Crippen molar-refractivity contribution >= 4 is 27.0 Å². The lowest BCUT2D eigenvalue weighted by molar-refractivity contribution is 0.402. The zero-order valence-corrected chi connectivity index (χ0v) is 12.7. The first-order valence-electron chi connectivity index (χ1n) is 5.77. The topological polar surface area (TPSA) is 94.3 Å². The third-order valence-electron chi connectivity index (χ3n) is 2.58. The summed E-state index contributed by atoms with van der Waals surface area (Å²) >= 11 is 1.45. The predicted molar refractivity (Wildman–Crippen MR) is 78.3 cm³/mol. The summed E-state index contributed by atoms with van der Waals surface area (Å²) in [6.45, 7) is 2.06. The van der Waals surface area contributed by atoms with Crippen LogP contribution < -0.4 is 15.2 Å². The Morgan fingerprint density at radius 1 is 1.45 bits per heavy atom. The van der Waals surface area contributed by atoms with Gasteiger partial charge in [0.1, 0.15) is 10.6 Å². The number of aryl methyl sites for hydroxylation is 1. The molecule has 0 atom stereocenters. The Labute approximate surface area is 121 Å². The molecule has 0 saturated heterocycles. The molecule has 0 saturated carbocycles. The lowest BCUT2D eigenvalue weighted by Gasteiger charge is -2.10. The van der Waals surface area contributed by atoms with Crippen molar-refractivity contribution in [3.63, 3.8) is 0 Å². The lowest BCUT2D eigenvalue weighted by atomic mass is 10.3. The van der Waals surface area contributed by atoms with Gasteiger partial charge in [-0.25, -0.2) is 18.1 Å². The van der Waals surface area contributed by atoms with E-state index in [2.05, 4.69) is 9.71 Å². The Balaban J connectivity index is 2.22. The molecule has 20 heavy (non-hydrogen) atoms. The lowest BCUT2D eigenvalue weighted by Crippen LogP contribution is -2.23. The van der Waals surface area contributed by atoms with Crippen molar-refractivity contribution < 1.29 is 13.2 Å². The first-order valence-corrected chi connectivity index (χ1v) is 8.07. The average molecular weight is 313 g/mol.